The highest BCUT2D eigenvalue weighted by Gasteiger charge is 2.28. The van der Waals surface area contributed by atoms with Gasteiger partial charge in [-0.15, -0.1) is 0 Å². The molecule has 1 atom stereocenters. The molecule has 1 aromatic carbocycles. The Morgan fingerprint density at radius 3 is 2.68 bits per heavy atom. The molecule has 1 aliphatic heterocycles. The first-order valence-corrected chi connectivity index (χ1v) is 12.4. The number of ether oxygens (including phenoxy) is 1. The third-order valence-corrected chi connectivity index (χ3v) is 7.37. The predicted octanol–water partition coefficient (Wildman–Crippen LogP) is 6.17. The molecule has 7 nitrogen and oxygen atoms in total. The molecule has 4 aromatic rings. The van der Waals surface area contributed by atoms with Crippen LogP contribution in [0.4, 0.5) is 17.6 Å². The number of aromatic amines is 2. The zero-order valence-electron chi connectivity index (χ0n) is 20.3. The van der Waals surface area contributed by atoms with Crippen molar-refractivity contribution >= 4 is 28.5 Å². The molecular formula is C26H24ClF4N5O2. The van der Waals surface area contributed by atoms with Gasteiger partial charge in [-0.3, -0.25) is 9.18 Å². The first-order valence-electron chi connectivity index (χ1n) is 12.0. The molecule has 1 amide bonds. The van der Waals surface area contributed by atoms with Gasteiger partial charge in [0.2, 0.25) is 5.91 Å². The Morgan fingerprint density at radius 1 is 1.24 bits per heavy atom. The molecule has 12 heteroatoms. The van der Waals surface area contributed by atoms with Crippen LogP contribution in [0.1, 0.15) is 48.6 Å². The lowest BCUT2D eigenvalue weighted by molar-refractivity contribution is -0.129. The minimum atomic E-state index is -3.20. The fourth-order valence-corrected chi connectivity index (χ4v) is 5.29. The van der Waals surface area contributed by atoms with Gasteiger partial charge in [0.1, 0.15) is 29.7 Å². The zero-order valence-corrected chi connectivity index (χ0v) is 21.0. The van der Waals surface area contributed by atoms with Gasteiger partial charge in [0.25, 0.3) is 0 Å². The van der Waals surface area contributed by atoms with Crippen molar-refractivity contribution in [3.05, 3.63) is 64.6 Å². The number of hydrogen-bond donors (Lipinski definition) is 2. The van der Waals surface area contributed by atoms with Crippen molar-refractivity contribution in [3.8, 4) is 17.0 Å². The maximum Gasteiger partial charge on any atom is 0.387 e. The second-order valence-electron chi connectivity index (χ2n) is 9.19. The van der Waals surface area contributed by atoms with E-state index >= 15 is 0 Å². The number of benzene rings is 1. The van der Waals surface area contributed by atoms with E-state index in [-0.39, 0.29) is 17.4 Å². The standard InChI is InChI=1S/C26H24ClF4N5O2/c1-13(37)36-6-4-14(5-7-36)24-34-12-20(35-24)15-8-16-18(11-33-25(16)32-10-15)17(9-28)22-21(38-26(30)31)3-2-19(29)23(22)27/h2-3,8,10-12,14,17,26H,4-7,9H2,1H3,(H,32,33)(H,34,35)/t17-/m0/s1. The summed E-state index contributed by atoms with van der Waals surface area (Å²) in [5.41, 5.74) is 1.95. The van der Waals surface area contributed by atoms with E-state index in [0.29, 0.717) is 40.9 Å². The van der Waals surface area contributed by atoms with Crippen LogP contribution in [0.5, 0.6) is 5.75 Å². The molecule has 1 aliphatic rings. The number of likely N-dealkylation sites (tertiary alicyclic amines) is 1. The second kappa shape index (κ2) is 10.6. The fourth-order valence-electron chi connectivity index (χ4n) is 5.01. The number of nitrogens with one attached hydrogen (secondary N) is 2. The van der Waals surface area contributed by atoms with Gasteiger partial charge in [-0.25, -0.2) is 14.4 Å². The van der Waals surface area contributed by atoms with Crippen molar-refractivity contribution in [2.24, 2.45) is 0 Å². The number of H-pyrrole nitrogens is 2. The van der Waals surface area contributed by atoms with E-state index in [9.17, 15) is 22.4 Å². The number of imidazole rings is 1. The third-order valence-electron chi connectivity index (χ3n) is 6.98. The number of pyridine rings is 1. The third kappa shape index (κ3) is 4.94. The molecule has 200 valence electrons. The summed E-state index contributed by atoms with van der Waals surface area (Å²) in [7, 11) is 0. The van der Waals surface area contributed by atoms with Gasteiger partial charge >= 0.3 is 6.61 Å². The number of fused-ring (bicyclic) bond motifs is 1. The van der Waals surface area contributed by atoms with Crippen LogP contribution in [0.3, 0.4) is 0 Å². The number of halogens is 5. The lowest BCUT2D eigenvalue weighted by atomic mass is 9.91. The van der Waals surface area contributed by atoms with Gasteiger partial charge in [0.05, 0.1) is 16.9 Å². The van der Waals surface area contributed by atoms with Crippen LogP contribution in [0.2, 0.25) is 5.02 Å². The monoisotopic (exact) mass is 549 g/mol. The number of aromatic nitrogens is 4. The maximum absolute atomic E-state index is 14.5. The van der Waals surface area contributed by atoms with Gasteiger partial charge in [-0.2, -0.15) is 8.78 Å². The highest BCUT2D eigenvalue weighted by molar-refractivity contribution is 6.31. The van der Waals surface area contributed by atoms with Gasteiger partial charge in [0, 0.05) is 60.8 Å². The summed E-state index contributed by atoms with van der Waals surface area (Å²) in [6.45, 7) is -1.35. The molecule has 2 N–H and O–H groups in total. The lowest BCUT2D eigenvalue weighted by Gasteiger charge is -2.30. The van der Waals surface area contributed by atoms with Crippen molar-refractivity contribution in [3.63, 3.8) is 0 Å². The molecule has 4 heterocycles. The minimum absolute atomic E-state index is 0.0595. The minimum Gasteiger partial charge on any atom is -0.434 e. The Morgan fingerprint density at radius 2 is 2.00 bits per heavy atom. The smallest absolute Gasteiger partial charge is 0.387 e. The van der Waals surface area contributed by atoms with Crippen LogP contribution >= 0.6 is 11.6 Å². The van der Waals surface area contributed by atoms with E-state index in [1.165, 1.54) is 6.20 Å². The topological polar surface area (TPSA) is 86.9 Å². The average Bonchev–Trinajstić information content (AvgIpc) is 3.56. The van der Waals surface area contributed by atoms with Crippen LogP contribution in [0.15, 0.2) is 36.8 Å². The molecule has 0 unspecified atom stereocenters. The summed E-state index contributed by atoms with van der Waals surface area (Å²) >= 11 is 6.13. The summed E-state index contributed by atoms with van der Waals surface area (Å²) in [4.78, 5) is 28.7. The molecular weight excluding hydrogens is 526 g/mol. The number of alkyl halides is 3. The fraction of sp³-hybridized carbons (Fsp3) is 0.346. The van der Waals surface area contributed by atoms with E-state index in [2.05, 4.69) is 24.7 Å². The van der Waals surface area contributed by atoms with E-state index in [4.69, 9.17) is 11.6 Å². The van der Waals surface area contributed by atoms with Gasteiger partial charge in [0.15, 0.2) is 0 Å². The van der Waals surface area contributed by atoms with Crippen molar-refractivity contribution in [1.29, 1.82) is 0 Å². The maximum atomic E-state index is 14.5. The number of carbonyl (C=O) groups is 1. The molecule has 0 radical (unpaired) electrons. The van der Waals surface area contributed by atoms with Gasteiger partial charge in [-0.1, -0.05) is 11.6 Å². The normalized spacial score (nSPS) is 15.4. The number of piperidine rings is 1. The summed E-state index contributed by atoms with van der Waals surface area (Å²) in [5.74, 6) is -1.43. The van der Waals surface area contributed by atoms with Crippen molar-refractivity contribution in [1.82, 2.24) is 24.8 Å². The van der Waals surface area contributed by atoms with Crippen molar-refractivity contribution in [2.75, 3.05) is 19.8 Å². The van der Waals surface area contributed by atoms with Crippen molar-refractivity contribution in [2.45, 2.75) is 38.2 Å². The molecule has 0 spiro atoms. The number of amides is 1. The Hall–Kier alpha value is -3.60. The van der Waals surface area contributed by atoms with Gasteiger partial charge < -0.3 is 19.6 Å². The largest absolute Gasteiger partial charge is 0.434 e. The van der Waals surface area contributed by atoms with E-state index in [1.54, 1.807) is 25.4 Å². The molecule has 1 fully saturated rings. The number of hydrogen-bond acceptors (Lipinski definition) is 4. The van der Waals surface area contributed by atoms with Crippen LogP contribution in [-0.4, -0.2) is 57.1 Å². The quantitative estimate of drug-likeness (QED) is 0.270. The molecule has 0 bridgehead atoms. The van der Waals surface area contributed by atoms with Crippen LogP contribution in [0, 0.1) is 5.82 Å². The molecule has 3 aromatic heterocycles. The highest BCUT2D eigenvalue weighted by atomic mass is 35.5. The number of carbonyl (C=O) groups excluding carboxylic acids is 1. The molecule has 0 saturated carbocycles. The first kappa shape index (κ1) is 26.0. The summed E-state index contributed by atoms with van der Waals surface area (Å²) in [6, 6.07) is 3.68. The first-order chi connectivity index (χ1) is 18.3. The SMILES string of the molecule is CC(=O)N1CCC(c2ncc(-c3cnc4[nH]cc([C@H](CF)c5c(OC(F)F)ccc(F)c5Cl)c4c3)[nH]2)CC1. The molecule has 0 aliphatic carbocycles. The molecule has 38 heavy (non-hydrogen) atoms. The summed E-state index contributed by atoms with van der Waals surface area (Å²) < 4.78 is 59.4. The summed E-state index contributed by atoms with van der Waals surface area (Å²) in [6.07, 6.45) is 6.40. The van der Waals surface area contributed by atoms with E-state index < -0.39 is 35.8 Å². The lowest BCUT2D eigenvalue weighted by Crippen LogP contribution is -2.36. The average molecular weight is 550 g/mol. The van der Waals surface area contributed by atoms with Gasteiger partial charge in [-0.05, 0) is 36.6 Å². The Labute approximate surface area is 220 Å². The Bertz CT molecular complexity index is 1470. The van der Waals surface area contributed by atoms with Crippen LogP contribution < -0.4 is 4.74 Å². The van der Waals surface area contributed by atoms with Crippen LogP contribution in [-0.2, 0) is 4.79 Å². The van der Waals surface area contributed by atoms with Crippen LogP contribution in [0.25, 0.3) is 22.3 Å². The van der Waals surface area contributed by atoms with E-state index in [1.807, 2.05) is 4.90 Å². The second-order valence-corrected chi connectivity index (χ2v) is 9.56. The predicted molar refractivity (Wildman–Crippen MR) is 134 cm³/mol. The Balaban J connectivity index is 1.48. The summed E-state index contributed by atoms with van der Waals surface area (Å²) in [5, 5.41) is 0.0256. The number of nitrogens with zero attached hydrogens (tertiary/aromatic N) is 3. The Kier molecular flexibility index (Phi) is 7.29. The zero-order chi connectivity index (χ0) is 27.0. The molecule has 1 saturated heterocycles. The van der Waals surface area contributed by atoms with E-state index in [0.717, 1.165) is 30.8 Å². The van der Waals surface area contributed by atoms with Crippen molar-refractivity contribution < 1.29 is 27.1 Å². The molecule has 5 rings (SSSR count). The highest BCUT2D eigenvalue weighted by Crippen LogP contribution is 2.42. The number of rotatable bonds is 7.